The molecule has 1 aromatic rings. The van der Waals surface area contributed by atoms with E-state index >= 15 is 0 Å². The maximum absolute atomic E-state index is 12.6. The summed E-state index contributed by atoms with van der Waals surface area (Å²) in [6, 6.07) is 0.290. The fraction of sp³-hybridized carbons (Fsp3) is 0.714. The number of aromatic nitrogens is 2. The molecule has 2 heterocycles. The topological polar surface area (TPSA) is 41.4 Å². The van der Waals surface area contributed by atoms with Crippen LogP contribution in [0.15, 0.2) is 10.7 Å². The van der Waals surface area contributed by atoms with Gasteiger partial charge in [-0.2, -0.15) is 5.10 Å². The van der Waals surface area contributed by atoms with E-state index in [1.54, 1.807) is 6.20 Å². The second-order valence-electron chi connectivity index (χ2n) is 5.59. The molecule has 0 aliphatic carbocycles. The van der Waals surface area contributed by atoms with Gasteiger partial charge in [0.05, 0.1) is 10.7 Å². The molecule has 2 rings (SSSR count). The minimum atomic E-state index is 0.176. The van der Waals surface area contributed by atoms with Crippen molar-refractivity contribution in [2.45, 2.75) is 32.4 Å². The summed E-state index contributed by atoms with van der Waals surface area (Å²) in [6.07, 6.45) is 3.24. The Balaban J connectivity index is 2.09. The highest BCUT2D eigenvalue weighted by Crippen LogP contribution is 2.20. The standard InChI is InChI=1S/C14H23BrN4O/c1-4-5-19-14(12(15)9-16-19)13(20)8-11-10-17(2)6-7-18(11)3/h9,11H,4-8,10H2,1-3H3. The Kier molecular flexibility index (Phi) is 5.35. The highest BCUT2D eigenvalue weighted by molar-refractivity contribution is 9.10. The molecule has 0 saturated carbocycles. The summed E-state index contributed by atoms with van der Waals surface area (Å²) >= 11 is 3.45. The van der Waals surface area contributed by atoms with Crippen molar-refractivity contribution in [2.75, 3.05) is 33.7 Å². The molecule has 112 valence electrons. The molecule has 1 fully saturated rings. The number of piperazine rings is 1. The van der Waals surface area contributed by atoms with Crippen molar-refractivity contribution >= 4 is 21.7 Å². The number of Topliss-reactive ketones (excluding diaryl/α,β-unsaturated/α-hetero) is 1. The monoisotopic (exact) mass is 342 g/mol. The van der Waals surface area contributed by atoms with Crippen molar-refractivity contribution in [1.82, 2.24) is 19.6 Å². The zero-order valence-electron chi connectivity index (χ0n) is 12.5. The molecule has 1 aliphatic rings. The Morgan fingerprint density at radius 3 is 2.90 bits per heavy atom. The van der Waals surface area contributed by atoms with Gasteiger partial charge in [0.25, 0.3) is 0 Å². The number of ketones is 1. The van der Waals surface area contributed by atoms with Crippen molar-refractivity contribution in [1.29, 1.82) is 0 Å². The molecule has 1 unspecified atom stereocenters. The van der Waals surface area contributed by atoms with E-state index in [9.17, 15) is 4.79 Å². The normalized spacial score (nSPS) is 21.3. The van der Waals surface area contributed by atoms with Crippen LogP contribution in [0.25, 0.3) is 0 Å². The molecule has 0 radical (unpaired) electrons. The predicted octanol–water partition coefficient (Wildman–Crippen LogP) is 1.87. The summed E-state index contributed by atoms with van der Waals surface area (Å²) in [5.41, 5.74) is 0.716. The van der Waals surface area contributed by atoms with E-state index < -0.39 is 0 Å². The number of carbonyl (C=O) groups excluding carboxylic acids is 1. The van der Waals surface area contributed by atoms with Gasteiger partial charge in [0, 0.05) is 38.6 Å². The van der Waals surface area contributed by atoms with E-state index in [4.69, 9.17) is 0 Å². The maximum Gasteiger partial charge on any atom is 0.183 e. The third-order valence-electron chi connectivity index (χ3n) is 3.90. The van der Waals surface area contributed by atoms with Gasteiger partial charge in [0.2, 0.25) is 0 Å². The fourth-order valence-electron chi connectivity index (χ4n) is 2.65. The van der Waals surface area contributed by atoms with Crippen molar-refractivity contribution in [3.05, 3.63) is 16.4 Å². The highest BCUT2D eigenvalue weighted by Gasteiger charge is 2.27. The molecular formula is C14H23BrN4O. The average Bonchev–Trinajstić information content (AvgIpc) is 2.75. The number of hydrogen-bond donors (Lipinski definition) is 0. The van der Waals surface area contributed by atoms with Crippen molar-refractivity contribution in [2.24, 2.45) is 0 Å². The van der Waals surface area contributed by atoms with Gasteiger partial charge in [-0.3, -0.25) is 9.48 Å². The zero-order valence-corrected chi connectivity index (χ0v) is 14.1. The Bertz CT molecular complexity index is 474. The summed E-state index contributed by atoms with van der Waals surface area (Å²) in [5.74, 6) is 0.176. The Morgan fingerprint density at radius 2 is 2.20 bits per heavy atom. The van der Waals surface area contributed by atoms with Gasteiger partial charge in [0.15, 0.2) is 5.78 Å². The number of halogens is 1. The van der Waals surface area contributed by atoms with Crippen LogP contribution in [-0.2, 0) is 6.54 Å². The minimum absolute atomic E-state index is 0.176. The molecule has 0 amide bonds. The van der Waals surface area contributed by atoms with Crippen molar-refractivity contribution < 1.29 is 4.79 Å². The number of nitrogens with zero attached hydrogens (tertiary/aromatic N) is 4. The Morgan fingerprint density at radius 1 is 1.45 bits per heavy atom. The number of likely N-dealkylation sites (N-methyl/N-ethyl adjacent to an activating group) is 2. The molecule has 5 nitrogen and oxygen atoms in total. The van der Waals surface area contributed by atoms with Gasteiger partial charge in [-0.05, 0) is 36.4 Å². The summed E-state index contributed by atoms with van der Waals surface area (Å²) in [5, 5.41) is 4.28. The average molecular weight is 343 g/mol. The SMILES string of the molecule is CCCn1ncc(Br)c1C(=O)CC1CN(C)CCN1C. The predicted molar refractivity (Wildman–Crippen MR) is 83.1 cm³/mol. The first-order valence-electron chi connectivity index (χ1n) is 7.16. The van der Waals surface area contributed by atoms with Crippen LogP contribution in [0.2, 0.25) is 0 Å². The lowest BCUT2D eigenvalue weighted by Gasteiger charge is -2.37. The zero-order chi connectivity index (χ0) is 14.7. The second-order valence-corrected chi connectivity index (χ2v) is 6.44. The molecule has 1 aliphatic heterocycles. The van der Waals surface area contributed by atoms with E-state index in [1.807, 2.05) is 4.68 Å². The quantitative estimate of drug-likeness (QED) is 0.766. The molecule has 6 heteroatoms. The van der Waals surface area contributed by atoms with Crippen LogP contribution in [0.3, 0.4) is 0 Å². The molecule has 20 heavy (non-hydrogen) atoms. The summed E-state index contributed by atoms with van der Waals surface area (Å²) in [7, 11) is 4.21. The van der Waals surface area contributed by atoms with Crippen molar-refractivity contribution in [3.63, 3.8) is 0 Å². The number of rotatable bonds is 5. The molecule has 1 atom stereocenters. The van der Waals surface area contributed by atoms with E-state index in [0.29, 0.717) is 12.1 Å². The third kappa shape index (κ3) is 3.48. The molecule has 0 spiro atoms. The first-order chi connectivity index (χ1) is 9.52. The second kappa shape index (κ2) is 6.83. The van der Waals surface area contributed by atoms with Gasteiger partial charge in [0.1, 0.15) is 5.69 Å². The summed E-state index contributed by atoms with van der Waals surface area (Å²) < 4.78 is 2.63. The fourth-order valence-corrected chi connectivity index (χ4v) is 3.17. The van der Waals surface area contributed by atoms with Crippen LogP contribution < -0.4 is 0 Å². The molecule has 0 bridgehead atoms. The van der Waals surface area contributed by atoms with Crippen LogP contribution in [0, 0.1) is 0 Å². The van der Waals surface area contributed by atoms with Crippen LogP contribution >= 0.6 is 15.9 Å². The highest BCUT2D eigenvalue weighted by atomic mass is 79.9. The lowest BCUT2D eigenvalue weighted by Crippen LogP contribution is -2.50. The lowest BCUT2D eigenvalue weighted by atomic mass is 10.0. The first kappa shape index (κ1) is 15.7. The number of hydrogen-bond acceptors (Lipinski definition) is 4. The van der Waals surface area contributed by atoms with Crippen LogP contribution in [0.1, 0.15) is 30.3 Å². The van der Waals surface area contributed by atoms with E-state index in [-0.39, 0.29) is 11.8 Å². The number of aryl methyl sites for hydroxylation is 1. The molecule has 1 aromatic heterocycles. The van der Waals surface area contributed by atoms with Crippen LogP contribution in [0.5, 0.6) is 0 Å². The van der Waals surface area contributed by atoms with Gasteiger partial charge in [-0.15, -0.1) is 0 Å². The van der Waals surface area contributed by atoms with Crippen molar-refractivity contribution in [3.8, 4) is 0 Å². The molecular weight excluding hydrogens is 320 g/mol. The Hall–Kier alpha value is -0.720. The Labute approximate surface area is 129 Å². The number of carbonyl (C=O) groups is 1. The van der Waals surface area contributed by atoms with Gasteiger partial charge in [-0.25, -0.2) is 0 Å². The lowest BCUT2D eigenvalue weighted by molar-refractivity contribution is 0.0800. The smallest absolute Gasteiger partial charge is 0.183 e. The molecule has 0 aromatic carbocycles. The van der Waals surface area contributed by atoms with Gasteiger partial charge < -0.3 is 9.80 Å². The summed E-state index contributed by atoms with van der Waals surface area (Å²) in [6.45, 7) is 5.91. The van der Waals surface area contributed by atoms with Crippen LogP contribution in [0.4, 0.5) is 0 Å². The van der Waals surface area contributed by atoms with E-state index in [1.165, 1.54) is 0 Å². The molecule has 0 N–H and O–H groups in total. The minimum Gasteiger partial charge on any atom is -0.304 e. The third-order valence-corrected chi connectivity index (χ3v) is 4.48. The first-order valence-corrected chi connectivity index (χ1v) is 7.95. The van der Waals surface area contributed by atoms with E-state index in [2.05, 4.69) is 51.8 Å². The maximum atomic E-state index is 12.6. The van der Waals surface area contributed by atoms with Gasteiger partial charge in [-0.1, -0.05) is 6.92 Å². The molecule has 1 saturated heterocycles. The van der Waals surface area contributed by atoms with E-state index in [0.717, 1.165) is 37.1 Å². The summed E-state index contributed by atoms with van der Waals surface area (Å²) in [4.78, 5) is 17.2. The largest absolute Gasteiger partial charge is 0.304 e. The van der Waals surface area contributed by atoms with Crippen LogP contribution in [-0.4, -0.2) is 65.1 Å². The van der Waals surface area contributed by atoms with Gasteiger partial charge >= 0.3 is 0 Å².